The van der Waals surface area contributed by atoms with Crippen molar-refractivity contribution >= 4 is 5.97 Å². The Morgan fingerprint density at radius 3 is 2.50 bits per heavy atom. The van der Waals surface area contributed by atoms with Gasteiger partial charge in [-0.1, -0.05) is 12.7 Å². The number of allylic oxidation sites excluding steroid dienone is 1. The standard InChI is InChI=1S/C8H10F3NO2/c1-3-4-14-7(13)5-6(12-2)8(9,10)11/h3,5,12H,1,4H2,2H3. The van der Waals surface area contributed by atoms with Crippen molar-refractivity contribution in [3.63, 3.8) is 0 Å². The second-order valence-corrected chi connectivity index (χ2v) is 2.22. The Kier molecular flexibility index (Phi) is 4.76. The molecule has 3 nitrogen and oxygen atoms in total. The van der Waals surface area contributed by atoms with Crippen LogP contribution in [-0.2, 0) is 9.53 Å². The maximum atomic E-state index is 12.0. The lowest BCUT2D eigenvalue weighted by atomic mass is 10.4. The van der Waals surface area contributed by atoms with E-state index in [-0.39, 0.29) is 6.61 Å². The molecule has 0 bridgehead atoms. The van der Waals surface area contributed by atoms with Crippen molar-refractivity contribution in [3.05, 3.63) is 24.4 Å². The molecule has 6 heteroatoms. The number of nitrogens with one attached hydrogen (secondary N) is 1. The van der Waals surface area contributed by atoms with E-state index in [1.54, 1.807) is 0 Å². The van der Waals surface area contributed by atoms with Gasteiger partial charge >= 0.3 is 12.1 Å². The van der Waals surface area contributed by atoms with Gasteiger partial charge < -0.3 is 10.1 Å². The molecule has 14 heavy (non-hydrogen) atoms. The van der Waals surface area contributed by atoms with Gasteiger partial charge in [0.2, 0.25) is 0 Å². The quantitative estimate of drug-likeness (QED) is 0.432. The van der Waals surface area contributed by atoms with Crippen molar-refractivity contribution in [1.82, 2.24) is 5.32 Å². The summed E-state index contributed by atoms with van der Waals surface area (Å²) in [6.45, 7) is 3.12. The maximum Gasteiger partial charge on any atom is 0.431 e. The van der Waals surface area contributed by atoms with Crippen LogP contribution in [0.2, 0.25) is 0 Å². The van der Waals surface area contributed by atoms with Gasteiger partial charge in [-0.25, -0.2) is 4.79 Å². The molecule has 0 saturated carbocycles. The molecular weight excluding hydrogens is 199 g/mol. The molecule has 0 aliphatic heterocycles. The number of hydrogen-bond acceptors (Lipinski definition) is 3. The average molecular weight is 209 g/mol. The second-order valence-electron chi connectivity index (χ2n) is 2.22. The molecule has 0 spiro atoms. The van der Waals surface area contributed by atoms with E-state index >= 15 is 0 Å². The molecule has 0 amide bonds. The monoisotopic (exact) mass is 209 g/mol. The predicted octanol–water partition coefficient (Wildman–Crippen LogP) is 1.38. The molecule has 0 atom stereocenters. The van der Waals surface area contributed by atoms with Crippen LogP contribution in [-0.4, -0.2) is 25.8 Å². The van der Waals surface area contributed by atoms with E-state index in [0.717, 1.165) is 7.05 Å². The Labute approximate surface area is 79.2 Å². The van der Waals surface area contributed by atoms with Crippen molar-refractivity contribution in [1.29, 1.82) is 0 Å². The third-order valence-corrected chi connectivity index (χ3v) is 1.18. The van der Waals surface area contributed by atoms with Crippen LogP contribution >= 0.6 is 0 Å². The largest absolute Gasteiger partial charge is 0.458 e. The highest BCUT2D eigenvalue weighted by atomic mass is 19.4. The topological polar surface area (TPSA) is 38.3 Å². The highest BCUT2D eigenvalue weighted by Gasteiger charge is 2.33. The number of ether oxygens (including phenoxy) is 1. The van der Waals surface area contributed by atoms with Crippen molar-refractivity contribution in [2.45, 2.75) is 6.18 Å². The zero-order valence-corrected chi connectivity index (χ0v) is 7.52. The molecule has 0 rings (SSSR count). The average Bonchev–Trinajstić information content (AvgIpc) is 2.08. The molecule has 0 aliphatic rings. The number of carbonyl (C=O) groups excluding carboxylic acids is 1. The normalized spacial score (nSPS) is 12.1. The van der Waals surface area contributed by atoms with Crippen molar-refractivity contribution in [2.24, 2.45) is 0 Å². The first-order valence-electron chi connectivity index (χ1n) is 3.66. The van der Waals surface area contributed by atoms with Gasteiger partial charge in [-0.3, -0.25) is 0 Å². The van der Waals surface area contributed by atoms with Gasteiger partial charge in [0.1, 0.15) is 12.3 Å². The number of halogens is 3. The molecular formula is C8H10F3NO2. The van der Waals surface area contributed by atoms with Crippen molar-refractivity contribution < 1.29 is 22.7 Å². The summed E-state index contributed by atoms with van der Waals surface area (Å²) in [4.78, 5) is 10.7. The van der Waals surface area contributed by atoms with Crippen LogP contribution in [0.15, 0.2) is 24.4 Å². The molecule has 0 aliphatic carbocycles. The Balaban J connectivity index is 4.44. The highest BCUT2D eigenvalue weighted by molar-refractivity contribution is 5.82. The summed E-state index contributed by atoms with van der Waals surface area (Å²) < 4.78 is 40.5. The van der Waals surface area contributed by atoms with Crippen LogP contribution < -0.4 is 5.32 Å². The molecule has 0 unspecified atom stereocenters. The van der Waals surface area contributed by atoms with Crippen LogP contribution in [0.3, 0.4) is 0 Å². The minimum Gasteiger partial charge on any atom is -0.458 e. The third kappa shape index (κ3) is 4.54. The van der Waals surface area contributed by atoms with Gasteiger partial charge in [-0.2, -0.15) is 13.2 Å². The predicted molar refractivity (Wildman–Crippen MR) is 44.4 cm³/mol. The van der Waals surface area contributed by atoms with Crippen LogP contribution in [0.4, 0.5) is 13.2 Å². The summed E-state index contributed by atoms with van der Waals surface area (Å²) in [5.41, 5.74) is -1.15. The maximum absolute atomic E-state index is 12.0. The lowest BCUT2D eigenvalue weighted by Crippen LogP contribution is -2.24. The summed E-state index contributed by atoms with van der Waals surface area (Å²) in [5.74, 6) is -1.06. The summed E-state index contributed by atoms with van der Waals surface area (Å²) >= 11 is 0. The summed E-state index contributed by atoms with van der Waals surface area (Å²) in [7, 11) is 1.07. The summed E-state index contributed by atoms with van der Waals surface area (Å²) in [5, 5.41) is 1.86. The van der Waals surface area contributed by atoms with E-state index in [0.29, 0.717) is 6.08 Å². The van der Waals surface area contributed by atoms with Crippen molar-refractivity contribution in [3.8, 4) is 0 Å². The number of carbonyl (C=O) groups is 1. The highest BCUT2D eigenvalue weighted by Crippen LogP contribution is 2.22. The van der Waals surface area contributed by atoms with Crippen LogP contribution in [0.1, 0.15) is 0 Å². The summed E-state index contributed by atoms with van der Waals surface area (Å²) in [6.07, 6.45) is -2.97. The van der Waals surface area contributed by atoms with Gasteiger partial charge in [-0.15, -0.1) is 0 Å². The second kappa shape index (κ2) is 5.31. The number of rotatable bonds is 4. The van der Waals surface area contributed by atoms with Gasteiger partial charge in [0.05, 0.1) is 6.08 Å². The van der Waals surface area contributed by atoms with Gasteiger partial charge in [-0.05, 0) is 0 Å². The zero-order valence-electron chi connectivity index (χ0n) is 7.52. The van der Waals surface area contributed by atoms with Crippen LogP contribution in [0, 0.1) is 0 Å². The Hall–Kier alpha value is -1.46. The van der Waals surface area contributed by atoms with E-state index in [2.05, 4.69) is 11.3 Å². The zero-order chi connectivity index (χ0) is 11.2. The molecule has 0 saturated heterocycles. The Morgan fingerprint density at radius 1 is 1.57 bits per heavy atom. The van der Waals surface area contributed by atoms with Crippen molar-refractivity contribution in [2.75, 3.05) is 13.7 Å². The molecule has 0 aromatic rings. The van der Waals surface area contributed by atoms with E-state index in [1.807, 2.05) is 5.32 Å². The fourth-order valence-corrected chi connectivity index (χ4v) is 0.596. The first-order chi connectivity index (χ1) is 6.41. The molecule has 0 heterocycles. The van der Waals surface area contributed by atoms with E-state index in [4.69, 9.17) is 0 Å². The molecule has 0 aromatic carbocycles. The number of alkyl halides is 3. The Bertz CT molecular complexity index is 245. The Morgan fingerprint density at radius 2 is 2.14 bits per heavy atom. The molecule has 1 N–H and O–H groups in total. The van der Waals surface area contributed by atoms with Crippen LogP contribution in [0.25, 0.3) is 0 Å². The van der Waals surface area contributed by atoms with Gasteiger partial charge in [0, 0.05) is 7.05 Å². The smallest absolute Gasteiger partial charge is 0.431 e. The fraction of sp³-hybridized carbons (Fsp3) is 0.375. The SMILES string of the molecule is C=CCOC(=O)C=C(NC)C(F)(F)F. The van der Waals surface area contributed by atoms with Gasteiger partial charge in [0.15, 0.2) is 0 Å². The molecule has 0 fully saturated rings. The van der Waals surface area contributed by atoms with E-state index < -0.39 is 17.8 Å². The first kappa shape index (κ1) is 12.5. The fourth-order valence-electron chi connectivity index (χ4n) is 0.596. The van der Waals surface area contributed by atoms with Crippen LogP contribution in [0.5, 0.6) is 0 Å². The van der Waals surface area contributed by atoms with Gasteiger partial charge in [0.25, 0.3) is 0 Å². The summed E-state index contributed by atoms with van der Waals surface area (Å²) in [6, 6.07) is 0. The van der Waals surface area contributed by atoms with E-state index in [9.17, 15) is 18.0 Å². The molecule has 0 aromatic heterocycles. The lowest BCUT2D eigenvalue weighted by molar-refractivity contribution is -0.137. The van der Waals surface area contributed by atoms with E-state index in [1.165, 1.54) is 6.08 Å². The minimum absolute atomic E-state index is 0.121. The number of hydrogen-bond donors (Lipinski definition) is 1. The first-order valence-corrected chi connectivity index (χ1v) is 3.66. The molecule has 80 valence electrons. The molecule has 0 radical (unpaired) electrons. The number of esters is 1. The lowest BCUT2D eigenvalue weighted by Gasteiger charge is -2.09. The minimum atomic E-state index is -4.58. The third-order valence-electron chi connectivity index (χ3n) is 1.18.